The maximum Gasteiger partial charge on any atom is 0.384 e. The van der Waals surface area contributed by atoms with E-state index in [9.17, 15) is 22.4 Å². The number of hydrogen-bond donors (Lipinski definition) is 0. The third-order valence-corrected chi connectivity index (χ3v) is 2.19. The molecule has 0 fully saturated rings. The minimum atomic E-state index is -4.66. The maximum absolute atomic E-state index is 12.9. The van der Waals surface area contributed by atoms with Crippen molar-refractivity contribution in [2.75, 3.05) is 11.4 Å². The van der Waals surface area contributed by atoms with Crippen molar-refractivity contribution in [1.82, 2.24) is 0 Å². The molecule has 0 bridgehead atoms. The Bertz CT molecular complexity index is 380. The van der Waals surface area contributed by atoms with Crippen molar-refractivity contribution in [3.63, 3.8) is 0 Å². The van der Waals surface area contributed by atoms with Crippen LogP contribution in [0, 0.1) is 0 Å². The summed E-state index contributed by atoms with van der Waals surface area (Å²) in [6, 6.07) is 7.51. The molecule has 0 spiro atoms. The zero-order valence-corrected chi connectivity index (χ0v) is 9.04. The molecule has 0 aliphatic rings. The highest BCUT2D eigenvalue weighted by Crippen LogP contribution is 2.27. The summed E-state index contributed by atoms with van der Waals surface area (Å²) >= 11 is 0. The van der Waals surface area contributed by atoms with E-state index in [-0.39, 0.29) is 12.2 Å². The van der Waals surface area contributed by atoms with Gasteiger partial charge < -0.3 is 4.90 Å². The van der Waals surface area contributed by atoms with Crippen LogP contribution in [0.1, 0.15) is 6.92 Å². The standard InChI is InChI=1S/C11H11F4NO/c1-2-16(8-6-4-3-5-7-8)10(17)11(14,15)9(12)13/h3-7,9H,2H2,1H3. The van der Waals surface area contributed by atoms with Crippen molar-refractivity contribution in [2.45, 2.75) is 19.3 Å². The van der Waals surface area contributed by atoms with Crippen molar-refractivity contribution in [3.05, 3.63) is 30.3 Å². The highest BCUT2D eigenvalue weighted by atomic mass is 19.3. The molecule has 1 aromatic carbocycles. The van der Waals surface area contributed by atoms with Crippen LogP contribution in [-0.2, 0) is 4.79 Å². The van der Waals surface area contributed by atoms with Crippen molar-refractivity contribution < 1.29 is 22.4 Å². The number of carbonyl (C=O) groups is 1. The molecule has 2 nitrogen and oxygen atoms in total. The first-order valence-electron chi connectivity index (χ1n) is 4.94. The quantitative estimate of drug-likeness (QED) is 0.751. The van der Waals surface area contributed by atoms with Crippen molar-refractivity contribution in [2.24, 2.45) is 0 Å². The molecule has 1 rings (SSSR count). The van der Waals surface area contributed by atoms with Crippen LogP contribution in [-0.4, -0.2) is 24.8 Å². The fraction of sp³-hybridized carbons (Fsp3) is 0.364. The number of amides is 1. The Morgan fingerprint density at radius 3 is 2.24 bits per heavy atom. The molecule has 0 radical (unpaired) electrons. The lowest BCUT2D eigenvalue weighted by Gasteiger charge is -2.25. The van der Waals surface area contributed by atoms with E-state index in [0.29, 0.717) is 4.90 Å². The molecule has 94 valence electrons. The fourth-order valence-corrected chi connectivity index (χ4v) is 1.32. The minimum Gasteiger partial charge on any atom is -0.307 e. The molecule has 0 heterocycles. The Morgan fingerprint density at radius 2 is 1.82 bits per heavy atom. The molecular weight excluding hydrogens is 238 g/mol. The van der Waals surface area contributed by atoms with Crippen LogP contribution in [0.2, 0.25) is 0 Å². The minimum absolute atomic E-state index is 0.106. The monoisotopic (exact) mass is 249 g/mol. The Hall–Kier alpha value is -1.59. The van der Waals surface area contributed by atoms with Crippen LogP contribution in [0.5, 0.6) is 0 Å². The van der Waals surface area contributed by atoms with Gasteiger partial charge in [-0.3, -0.25) is 4.79 Å². The predicted molar refractivity (Wildman–Crippen MR) is 55.4 cm³/mol. The van der Waals surface area contributed by atoms with E-state index in [1.165, 1.54) is 31.2 Å². The maximum atomic E-state index is 12.9. The van der Waals surface area contributed by atoms with Crippen LogP contribution in [0.25, 0.3) is 0 Å². The first-order chi connectivity index (χ1) is 7.91. The second kappa shape index (κ2) is 5.16. The van der Waals surface area contributed by atoms with Gasteiger partial charge in [0.05, 0.1) is 0 Å². The van der Waals surface area contributed by atoms with Crippen molar-refractivity contribution >= 4 is 11.6 Å². The SMILES string of the molecule is CCN(C(=O)C(F)(F)C(F)F)c1ccccc1. The number of rotatable bonds is 4. The molecule has 1 aromatic rings. The van der Waals surface area contributed by atoms with Gasteiger partial charge >= 0.3 is 18.3 Å². The molecule has 0 aromatic heterocycles. The van der Waals surface area contributed by atoms with Crippen molar-refractivity contribution in [1.29, 1.82) is 0 Å². The van der Waals surface area contributed by atoms with E-state index in [2.05, 4.69) is 0 Å². The normalized spacial score (nSPS) is 11.6. The Kier molecular flexibility index (Phi) is 4.09. The van der Waals surface area contributed by atoms with Gasteiger partial charge in [-0.25, -0.2) is 8.78 Å². The van der Waals surface area contributed by atoms with Gasteiger partial charge in [0, 0.05) is 12.2 Å². The molecule has 0 aliphatic carbocycles. The third kappa shape index (κ3) is 2.75. The smallest absolute Gasteiger partial charge is 0.307 e. The largest absolute Gasteiger partial charge is 0.384 e. The van der Waals surface area contributed by atoms with Gasteiger partial charge in [-0.1, -0.05) is 18.2 Å². The van der Waals surface area contributed by atoms with Gasteiger partial charge in [-0.05, 0) is 19.1 Å². The average Bonchev–Trinajstić information content (AvgIpc) is 2.31. The lowest BCUT2D eigenvalue weighted by Crippen LogP contribution is -2.47. The Balaban J connectivity index is 3.01. The molecule has 0 saturated carbocycles. The predicted octanol–water partition coefficient (Wildman–Crippen LogP) is 2.94. The number of anilines is 1. The van der Waals surface area contributed by atoms with Gasteiger partial charge in [-0.2, -0.15) is 8.78 Å². The number of nitrogens with zero attached hydrogens (tertiary/aromatic N) is 1. The summed E-state index contributed by atoms with van der Waals surface area (Å²) in [6.45, 7) is 1.33. The van der Waals surface area contributed by atoms with Crippen LogP contribution in [0.3, 0.4) is 0 Å². The molecule has 0 N–H and O–H groups in total. The number of halogens is 4. The molecule has 0 aliphatic heterocycles. The zero-order valence-electron chi connectivity index (χ0n) is 9.04. The number of hydrogen-bond acceptors (Lipinski definition) is 1. The van der Waals surface area contributed by atoms with E-state index in [0.717, 1.165) is 0 Å². The lowest BCUT2D eigenvalue weighted by atomic mass is 10.2. The highest BCUT2D eigenvalue weighted by molar-refractivity contribution is 5.98. The molecular formula is C11H11F4NO. The molecule has 0 saturated heterocycles. The second-order valence-electron chi connectivity index (χ2n) is 3.31. The van der Waals surface area contributed by atoms with Gasteiger partial charge in [0.25, 0.3) is 0 Å². The van der Waals surface area contributed by atoms with Crippen LogP contribution in [0.4, 0.5) is 23.2 Å². The summed E-state index contributed by atoms with van der Waals surface area (Å²) in [5, 5.41) is 0. The fourth-order valence-electron chi connectivity index (χ4n) is 1.32. The van der Waals surface area contributed by atoms with Crippen LogP contribution in [0.15, 0.2) is 30.3 Å². The van der Waals surface area contributed by atoms with Crippen molar-refractivity contribution in [3.8, 4) is 0 Å². The van der Waals surface area contributed by atoms with Gasteiger partial charge in [-0.15, -0.1) is 0 Å². The van der Waals surface area contributed by atoms with E-state index in [4.69, 9.17) is 0 Å². The molecule has 1 amide bonds. The van der Waals surface area contributed by atoms with E-state index >= 15 is 0 Å². The molecule has 0 atom stereocenters. The number of alkyl halides is 4. The molecule has 6 heteroatoms. The lowest BCUT2D eigenvalue weighted by molar-refractivity contribution is -0.166. The molecule has 0 unspecified atom stereocenters. The summed E-state index contributed by atoms with van der Waals surface area (Å²) < 4.78 is 50.0. The van der Waals surface area contributed by atoms with E-state index in [1.54, 1.807) is 6.07 Å². The number of carbonyl (C=O) groups excluding carboxylic acids is 1. The van der Waals surface area contributed by atoms with Gasteiger partial charge in [0.15, 0.2) is 0 Å². The first kappa shape index (κ1) is 13.5. The van der Waals surface area contributed by atoms with E-state index in [1.807, 2.05) is 0 Å². The number of para-hydroxylation sites is 1. The Labute approximate surface area is 95.8 Å². The summed E-state index contributed by atoms with van der Waals surface area (Å²) in [5.41, 5.74) is 0.167. The van der Waals surface area contributed by atoms with Crippen LogP contribution >= 0.6 is 0 Å². The number of benzene rings is 1. The van der Waals surface area contributed by atoms with Crippen LogP contribution < -0.4 is 4.90 Å². The topological polar surface area (TPSA) is 20.3 Å². The highest BCUT2D eigenvalue weighted by Gasteiger charge is 2.51. The summed E-state index contributed by atoms with van der Waals surface area (Å²) in [5.74, 6) is -6.55. The van der Waals surface area contributed by atoms with Gasteiger partial charge in [0.2, 0.25) is 0 Å². The Morgan fingerprint density at radius 1 is 1.29 bits per heavy atom. The first-order valence-corrected chi connectivity index (χ1v) is 4.94. The summed E-state index contributed by atoms with van der Waals surface area (Å²) in [7, 11) is 0. The second-order valence-corrected chi connectivity index (χ2v) is 3.31. The zero-order chi connectivity index (χ0) is 13.1. The molecule has 17 heavy (non-hydrogen) atoms. The van der Waals surface area contributed by atoms with Gasteiger partial charge in [0.1, 0.15) is 0 Å². The summed E-state index contributed by atoms with van der Waals surface area (Å²) in [6.07, 6.45) is -4.01. The summed E-state index contributed by atoms with van der Waals surface area (Å²) in [4.78, 5) is 12.0. The third-order valence-electron chi connectivity index (χ3n) is 2.19. The average molecular weight is 249 g/mol. The van der Waals surface area contributed by atoms with E-state index < -0.39 is 18.3 Å².